The second-order valence-corrected chi connectivity index (χ2v) is 15.2. The molecule has 0 radical (unpaired) electrons. The Morgan fingerprint density at radius 3 is 1.70 bits per heavy atom. The summed E-state index contributed by atoms with van der Waals surface area (Å²) in [5.41, 5.74) is 19.6. The number of furan rings is 1. The van der Waals surface area contributed by atoms with Crippen molar-refractivity contribution in [3.63, 3.8) is 0 Å². The van der Waals surface area contributed by atoms with Crippen molar-refractivity contribution in [2.24, 2.45) is 0 Å². The first-order valence-corrected chi connectivity index (χ1v) is 19.7. The van der Waals surface area contributed by atoms with E-state index in [2.05, 4.69) is 217 Å². The summed E-state index contributed by atoms with van der Waals surface area (Å²) >= 11 is 0. The molecule has 57 heavy (non-hydrogen) atoms. The van der Waals surface area contributed by atoms with Crippen LogP contribution in [0.5, 0.6) is 0 Å². The summed E-state index contributed by atoms with van der Waals surface area (Å²) < 4.78 is 6.76. The third-order valence-electron chi connectivity index (χ3n) is 12.3. The van der Waals surface area contributed by atoms with Crippen LogP contribution >= 0.6 is 0 Å². The molecule has 2 nitrogen and oxygen atoms in total. The number of anilines is 3. The Hall–Kier alpha value is -7.42. The molecule has 9 aromatic carbocycles. The van der Waals surface area contributed by atoms with E-state index in [1.54, 1.807) is 0 Å². The van der Waals surface area contributed by atoms with Crippen LogP contribution < -0.4 is 4.90 Å². The predicted octanol–water partition coefficient (Wildman–Crippen LogP) is 14.7. The highest BCUT2D eigenvalue weighted by Gasteiger charge is 2.52. The summed E-state index contributed by atoms with van der Waals surface area (Å²) in [7, 11) is 0. The van der Waals surface area contributed by atoms with Gasteiger partial charge in [0, 0.05) is 33.3 Å². The van der Waals surface area contributed by atoms with Gasteiger partial charge in [-0.1, -0.05) is 176 Å². The molecule has 2 heteroatoms. The maximum absolute atomic E-state index is 6.76. The third kappa shape index (κ3) is 4.53. The molecule has 0 aliphatic heterocycles. The monoisotopic (exact) mass is 725 g/mol. The van der Waals surface area contributed by atoms with Gasteiger partial charge in [-0.05, 0) is 92.0 Å². The second-order valence-electron chi connectivity index (χ2n) is 15.2. The molecule has 12 rings (SSSR count). The lowest BCUT2D eigenvalue weighted by molar-refractivity contribution is 0.669. The number of hydrogen-bond acceptors (Lipinski definition) is 2. The van der Waals surface area contributed by atoms with Crippen LogP contribution in [0.15, 0.2) is 217 Å². The average molecular weight is 726 g/mol. The molecule has 0 bridgehead atoms. The highest BCUT2D eigenvalue weighted by atomic mass is 16.3. The standard InChI is InChI=1S/C55H35NO/c1-3-15-36(16-4-1)37-27-29-39(30-28-37)56(51-25-13-9-19-41(51)38-17-5-2-6-18-38)40-31-33-49-46(35-40)42-20-7-11-23-47(42)55(49)48-24-12-8-22-45(48)53-50(55)34-32-44-43-21-10-14-26-52(43)57-54(44)53/h1-35H. The van der Waals surface area contributed by atoms with Crippen molar-refractivity contribution in [2.45, 2.75) is 5.41 Å². The predicted molar refractivity (Wildman–Crippen MR) is 236 cm³/mol. The smallest absolute Gasteiger partial charge is 0.143 e. The van der Waals surface area contributed by atoms with E-state index in [1.165, 1.54) is 66.8 Å². The highest BCUT2D eigenvalue weighted by Crippen LogP contribution is 2.64. The van der Waals surface area contributed by atoms with E-state index in [0.29, 0.717) is 0 Å². The van der Waals surface area contributed by atoms with E-state index in [-0.39, 0.29) is 0 Å². The second kappa shape index (κ2) is 12.3. The molecule has 0 amide bonds. The molecule has 1 spiro atoms. The molecule has 0 fully saturated rings. The third-order valence-corrected chi connectivity index (χ3v) is 12.3. The molecule has 10 aromatic rings. The van der Waals surface area contributed by atoms with Crippen molar-refractivity contribution in [1.29, 1.82) is 0 Å². The van der Waals surface area contributed by atoms with Crippen LogP contribution in [0, 0.1) is 0 Å². The Kier molecular flexibility index (Phi) is 6.88. The number of fused-ring (bicyclic) bond motifs is 14. The minimum absolute atomic E-state index is 0.492. The first-order chi connectivity index (χ1) is 28.3. The van der Waals surface area contributed by atoms with Crippen molar-refractivity contribution in [3.8, 4) is 44.5 Å². The van der Waals surface area contributed by atoms with Gasteiger partial charge in [0.25, 0.3) is 0 Å². The van der Waals surface area contributed by atoms with Crippen molar-refractivity contribution in [1.82, 2.24) is 0 Å². The van der Waals surface area contributed by atoms with Gasteiger partial charge in [-0.25, -0.2) is 0 Å². The van der Waals surface area contributed by atoms with Gasteiger partial charge in [0.05, 0.1) is 11.1 Å². The van der Waals surface area contributed by atoms with Gasteiger partial charge < -0.3 is 9.32 Å². The topological polar surface area (TPSA) is 16.4 Å². The Morgan fingerprint density at radius 2 is 0.912 bits per heavy atom. The van der Waals surface area contributed by atoms with Gasteiger partial charge in [0.15, 0.2) is 0 Å². The zero-order valence-corrected chi connectivity index (χ0v) is 31.1. The SMILES string of the molecule is c1ccc(-c2ccc(N(c3ccc4c(c3)-c3ccccc3C43c4ccccc4-c4c3ccc3c4oc4ccccc43)c3ccccc3-c3ccccc3)cc2)cc1. The lowest BCUT2D eigenvalue weighted by Gasteiger charge is -2.31. The number of para-hydroxylation sites is 2. The molecule has 0 saturated carbocycles. The van der Waals surface area contributed by atoms with Crippen LogP contribution in [0.25, 0.3) is 66.4 Å². The van der Waals surface area contributed by atoms with Crippen molar-refractivity contribution in [3.05, 3.63) is 235 Å². The normalized spacial score (nSPS) is 14.7. The maximum atomic E-state index is 6.76. The van der Waals surface area contributed by atoms with Gasteiger partial charge in [-0.3, -0.25) is 0 Å². The molecule has 2 aliphatic carbocycles. The lowest BCUT2D eigenvalue weighted by atomic mass is 9.70. The number of rotatable bonds is 5. The summed E-state index contributed by atoms with van der Waals surface area (Å²) in [6, 6.07) is 77.3. The Bertz CT molecular complexity index is 3180. The fraction of sp³-hybridized carbons (Fsp3) is 0.0182. The van der Waals surface area contributed by atoms with E-state index in [4.69, 9.17) is 4.42 Å². The summed E-state index contributed by atoms with van der Waals surface area (Å²) in [5.74, 6) is 0. The van der Waals surface area contributed by atoms with Crippen LogP contribution in [-0.2, 0) is 5.41 Å². The molecular formula is C55H35NO. The van der Waals surface area contributed by atoms with Gasteiger partial charge in [0.1, 0.15) is 11.2 Å². The molecule has 0 N–H and O–H groups in total. The summed E-state index contributed by atoms with van der Waals surface area (Å²) in [6.45, 7) is 0. The van der Waals surface area contributed by atoms with Crippen LogP contribution in [0.1, 0.15) is 22.3 Å². The van der Waals surface area contributed by atoms with Crippen molar-refractivity contribution in [2.75, 3.05) is 4.90 Å². The number of benzene rings is 9. The number of nitrogens with zero attached hydrogens (tertiary/aromatic N) is 1. The average Bonchev–Trinajstić information content (AvgIpc) is 3.91. The Balaban J connectivity index is 1.10. The molecule has 1 unspecified atom stereocenters. The van der Waals surface area contributed by atoms with E-state index < -0.39 is 5.41 Å². The van der Waals surface area contributed by atoms with Gasteiger partial charge in [-0.15, -0.1) is 0 Å². The van der Waals surface area contributed by atoms with Crippen molar-refractivity contribution >= 4 is 39.0 Å². The van der Waals surface area contributed by atoms with Gasteiger partial charge in [-0.2, -0.15) is 0 Å². The zero-order chi connectivity index (χ0) is 37.5. The largest absolute Gasteiger partial charge is 0.455 e. The molecule has 2 aliphatic rings. The lowest BCUT2D eigenvalue weighted by Crippen LogP contribution is -2.25. The van der Waals surface area contributed by atoms with Crippen LogP contribution in [-0.4, -0.2) is 0 Å². The fourth-order valence-electron chi connectivity index (χ4n) is 9.92. The highest BCUT2D eigenvalue weighted by molar-refractivity contribution is 6.13. The van der Waals surface area contributed by atoms with Crippen LogP contribution in [0.4, 0.5) is 17.1 Å². The minimum atomic E-state index is -0.492. The molecule has 1 aromatic heterocycles. The van der Waals surface area contributed by atoms with Crippen LogP contribution in [0.3, 0.4) is 0 Å². The molecular weight excluding hydrogens is 691 g/mol. The number of hydrogen-bond donors (Lipinski definition) is 0. The Morgan fingerprint density at radius 1 is 0.351 bits per heavy atom. The minimum Gasteiger partial charge on any atom is -0.455 e. The summed E-state index contributed by atoms with van der Waals surface area (Å²) in [4.78, 5) is 2.43. The Labute approximate surface area is 331 Å². The quantitative estimate of drug-likeness (QED) is 0.176. The molecule has 1 heterocycles. The van der Waals surface area contributed by atoms with E-state index in [1.807, 2.05) is 0 Å². The molecule has 1 atom stereocenters. The first kappa shape index (κ1) is 31.9. The van der Waals surface area contributed by atoms with E-state index in [0.717, 1.165) is 39.0 Å². The van der Waals surface area contributed by atoms with Crippen molar-refractivity contribution < 1.29 is 4.42 Å². The fourth-order valence-corrected chi connectivity index (χ4v) is 9.92. The first-order valence-electron chi connectivity index (χ1n) is 19.7. The summed E-state index contributed by atoms with van der Waals surface area (Å²) in [5, 5.41) is 2.31. The summed E-state index contributed by atoms with van der Waals surface area (Å²) in [6.07, 6.45) is 0. The van der Waals surface area contributed by atoms with Gasteiger partial charge in [0.2, 0.25) is 0 Å². The van der Waals surface area contributed by atoms with E-state index in [9.17, 15) is 0 Å². The van der Waals surface area contributed by atoms with E-state index >= 15 is 0 Å². The molecule has 0 saturated heterocycles. The molecule has 266 valence electrons. The maximum Gasteiger partial charge on any atom is 0.143 e. The van der Waals surface area contributed by atoms with Gasteiger partial charge >= 0.3 is 0 Å². The van der Waals surface area contributed by atoms with Crippen LogP contribution in [0.2, 0.25) is 0 Å². The zero-order valence-electron chi connectivity index (χ0n) is 31.1.